The van der Waals surface area contributed by atoms with Gasteiger partial charge in [0.15, 0.2) is 0 Å². The molecule has 0 saturated carbocycles. The number of rotatable bonds is 14. The maximum absolute atomic E-state index is 10.8. The molecule has 0 aliphatic rings. The average Bonchev–Trinajstić information content (AvgIpc) is 2.56. The monoisotopic (exact) mass is 333 g/mol. The predicted octanol–water partition coefficient (Wildman–Crippen LogP) is 6.35. The Bertz CT molecular complexity index is 440. The van der Waals surface area contributed by atoms with Crippen LogP contribution in [0.4, 0.5) is 5.69 Å². The Morgan fingerprint density at radius 2 is 1.38 bits per heavy atom. The number of hydrogen-bond donors (Lipinski definition) is 2. The summed E-state index contributed by atoms with van der Waals surface area (Å²) in [4.78, 5) is 10.8. The molecule has 136 valence electrons. The summed E-state index contributed by atoms with van der Waals surface area (Å²) in [5.41, 5.74) is 1.34. The maximum Gasteiger partial charge on any atom is 0.335 e. The molecule has 3 heteroatoms. The second kappa shape index (κ2) is 12.9. The fraction of sp³-hybridized carbons (Fsp3) is 0.667. The molecule has 0 aromatic heterocycles. The number of carbonyl (C=O) groups is 1. The topological polar surface area (TPSA) is 49.3 Å². The van der Waals surface area contributed by atoms with Crippen LogP contribution in [0.5, 0.6) is 0 Å². The van der Waals surface area contributed by atoms with E-state index >= 15 is 0 Å². The molecule has 0 unspecified atom stereocenters. The van der Waals surface area contributed by atoms with Crippen molar-refractivity contribution in [3.8, 4) is 0 Å². The highest BCUT2D eigenvalue weighted by Crippen LogP contribution is 2.13. The third kappa shape index (κ3) is 10.3. The first-order valence-electron chi connectivity index (χ1n) is 9.67. The summed E-state index contributed by atoms with van der Waals surface area (Å²) in [6, 6.07) is 6.96. The lowest BCUT2D eigenvalue weighted by atomic mass is 10.0. The van der Waals surface area contributed by atoms with Crippen molar-refractivity contribution in [3.63, 3.8) is 0 Å². The van der Waals surface area contributed by atoms with Gasteiger partial charge in [-0.25, -0.2) is 4.79 Å². The minimum Gasteiger partial charge on any atom is -0.478 e. The molecule has 0 saturated heterocycles. The predicted molar refractivity (Wildman–Crippen MR) is 103 cm³/mol. The van der Waals surface area contributed by atoms with Crippen LogP contribution in [0.1, 0.15) is 88.4 Å². The number of benzene rings is 1. The molecule has 0 spiro atoms. The first-order chi connectivity index (χ1) is 11.6. The highest BCUT2D eigenvalue weighted by atomic mass is 16.4. The molecule has 0 aliphatic heterocycles. The van der Waals surface area contributed by atoms with Crippen LogP contribution in [0.25, 0.3) is 0 Å². The molecule has 24 heavy (non-hydrogen) atoms. The smallest absolute Gasteiger partial charge is 0.335 e. The van der Waals surface area contributed by atoms with Crippen LogP contribution >= 0.6 is 0 Å². The Hall–Kier alpha value is -1.51. The van der Waals surface area contributed by atoms with Crippen molar-refractivity contribution < 1.29 is 9.90 Å². The first kappa shape index (κ1) is 20.5. The van der Waals surface area contributed by atoms with Gasteiger partial charge in [0.05, 0.1) is 5.56 Å². The number of nitrogens with one attached hydrogen (secondary N) is 1. The van der Waals surface area contributed by atoms with Gasteiger partial charge in [0.2, 0.25) is 0 Å². The van der Waals surface area contributed by atoms with Crippen molar-refractivity contribution in [2.24, 2.45) is 5.92 Å². The van der Waals surface area contributed by atoms with E-state index < -0.39 is 5.97 Å². The summed E-state index contributed by atoms with van der Waals surface area (Å²) in [7, 11) is 0. The van der Waals surface area contributed by atoms with Crippen LogP contribution < -0.4 is 5.32 Å². The van der Waals surface area contributed by atoms with Crippen LogP contribution in [-0.2, 0) is 0 Å². The summed E-state index contributed by atoms with van der Waals surface area (Å²) in [5.74, 6) is -0.0183. The molecular formula is C21H35NO2. The van der Waals surface area contributed by atoms with Crippen molar-refractivity contribution in [1.82, 2.24) is 0 Å². The minimum absolute atomic E-state index is 0.338. The third-order valence-electron chi connectivity index (χ3n) is 4.42. The molecule has 0 radical (unpaired) electrons. The lowest BCUT2D eigenvalue weighted by Crippen LogP contribution is -2.02. The maximum atomic E-state index is 10.8. The normalized spacial score (nSPS) is 11.0. The number of anilines is 1. The van der Waals surface area contributed by atoms with E-state index in [-0.39, 0.29) is 0 Å². The number of aromatic carboxylic acids is 1. The molecule has 0 heterocycles. The number of unbranched alkanes of at least 4 members (excludes halogenated alkanes) is 8. The SMILES string of the molecule is CC(C)CCCCCCCCCCCNc1ccc(C(=O)O)cc1. The first-order valence-corrected chi connectivity index (χ1v) is 9.67. The van der Waals surface area contributed by atoms with Gasteiger partial charge in [0, 0.05) is 12.2 Å². The molecule has 1 aromatic carbocycles. The Kier molecular flexibility index (Phi) is 11.0. The van der Waals surface area contributed by atoms with E-state index in [1.807, 2.05) is 12.1 Å². The van der Waals surface area contributed by atoms with Crippen LogP contribution in [0.3, 0.4) is 0 Å². The van der Waals surface area contributed by atoms with E-state index in [1.54, 1.807) is 12.1 Å². The minimum atomic E-state index is -0.874. The van der Waals surface area contributed by atoms with E-state index in [4.69, 9.17) is 5.11 Å². The largest absolute Gasteiger partial charge is 0.478 e. The van der Waals surface area contributed by atoms with Crippen molar-refractivity contribution >= 4 is 11.7 Å². The van der Waals surface area contributed by atoms with Gasteiger partial charge in [-0.2, -0.15) is 0 Å². The number of hydrogen-bond acceptors (Lipinski definition) is 2. The van der Waals surface area contributed by atoms with Gasteiger partial charge in [0.1, 0.15) is 0 Å². The molecule has 1 rings (SSSR count). The van der Waals surface area contributed by atoms with Crippen LogP contribution in [0.15, 0.2) is 24.3 Å². The molecule has 1 aromatic rings. The highest BCUT2D eigenvalue weighted by molar-refractivity contribution is 5.87. The van der Waals surface area contributed by atoms with Crippen molar-refractivity contribution in [1.29, 1.82) is 0 Å². The van der Waals surface area contributed by atoms with Gasteiger partial charge < -0.3 is 10.4 Å². The summed E-state index contributed by atoms with van der Waals surface area (Å²) < 4.78 is 0. The van der Waals surface area contributed by atoms with E-state index in [9.17, 15) is 4.79 Å². The zero-order valence-corrected chi connectivity index (χ0v) is 15.5. The molecule has 3 nitrogen and oxygen atoms in total. The fourth-order valence-corrected chi connectivity index (χ4v) is 2.88. The molecular weight excluding hydrogens is 298 g/mol. The van der Waals surface area contributed by atoms with E-state index in [1.165, 1.54) is 64.2 Å². The van der Waals surface area contributed by atoms with Gasteiger partial charge >= 0.3 is 5.97 Å². The summed E-state index contributed by atoms with van der Waals surface area (Å²) in [5, 5.41) is 12.2. The fourth-order valence-electron chi connectivity index (χ4n) is 2.88. The van der Waals surface area contributed by atoms with Crippen LogP contribution in [0.2, 0.25) is 0 Å². The standard InChI is InChI=1S/C21H35NO2/c1-18(2)12-10-8-6-4-3-5-7-9-11-17-22-20-15-13-19(14-16-20)21(23)24/h13-16,18,22H,3-12,17H2,1-2H3,(H,23,24). The van der Waals surface area contributed by atoms with E-state index in [0.29, 0.717) is 5.56 Å². The lowest BCUT2D eigenvalue weighted by Gasteiger charge is -2.07. The zero-order chi connectivity index (χ0) is 17.6. The zero-order valence-electron chi connectivity index (χ0n) is 15.5. The molecule has 0 aliphatic carbocycles. The van der Waals surface area contributed by atoms with Crippen molar-refractivity contribution in [2.75, 3.05) is 11.9 Å². The second-order valence-corrected chi connectivity index (χ2v) is 7.17. The molecule has 0 atom stereocenters. The Balaban J connectivity index is 1.89. The van der Waals surface area contributed by atoms with E-state index in [2.05, 4.69) is 19.2 Å². The molecule has 0 bridgehead atoms. The van der Waals surface area contributed by atoms with Crippen molar-refractivity contribution in [3.05, 3.63) is 29.8 Å². The summed E-state index contributed by atoms with van der Waals surface area (Å²) in [6.45, 7) is 5.57. The van der Waals surface area contributed by atoms with Gasteiger partial charge in [0.25, 0.3) is 0 Å². The molecule has 0 fully saturated rings. The quantitative estimate of drug-likeness (QED) is 0.390. The Labute approximate surface area is 147 Å². The Morgan fingerprint density at radius 3 is 1.88 bits per heavy atom. The highest BCUT2D eigenvalue weighted by Gasteiger charge is 2.01. The molecule has 0 amide bonds. The average molecular weight is 334 g/mol. The van der Waals surface area contributed by atoms with Gasteiger partial charge in [-0.15, -0.1) is 0 Å². The van der Waals surface area contributed by atoms with Gasteiger partial charge in [-0.1, -0.05) is 71.6 Å². The van der Waals surface area contributed by atoms with Crippen molar-refractivity contribution in [2.45, 2.75) is 78.1 Å². The number of carboxylic acid groups (broad SMARTS) is 1. The Morgan fingerprint density at radius 1 is 0.875 bits per heavy atom. The van der Waals surface area contributed by atoms with Crippen LogP contribution in [-0.4, -0.2) is 17.6 Å². The summed E-state index contributed by atoms with van der Waals surface area (Å²) in [6.07, 6.45) is 13.5. The second-order valence-electron chi connectivity index (χ2n) is 7.17. The van der Waals surface area contributed by atoms with Gasteiger partial charge in [-0.3, -0.25) is 0 Å². The summed E-state index contributed by atoms with van der Waals surface area (Å²) >= 11 is 0. The number of carboxylic acids is 1. The van der Waals surface area contributed by atoms with E-state index in [0.717, 1.165) is 18.2 Å². The van der Waals surface area contributed by atoms with Gasteiger partial charge in [-0.05, 0) is 36.6 Å². The molecule has 2 N–H and O–H groups in total. The third-order valence-corrected chi connectivity index (χ3v) is 4.42. The van der Waals surface area contributed by atoms with Crippen LogP contribution in [0, 0.1) is 5.92 Å². The lowest BCUT2D eigenvalue weighted by molar-refractivity contribution is 0.0697.